The van der Waals surface area contributed by atoms with Crippen LogP contribution in [-0.2, 0) is 19.7 Å². The van der Waals surface area contributed by atoms with Crippen LogP contribution in [0.2, 0.25) is 0 Å². The zero-order valence-corrected chi connectivity index (χ0v) is 13.0. The summed E-state index contributed by atoms with van der Waals surface area (Å²) in [5, 5.41) is 0. The first kappa shape index (κ1) is 16.0. The maximum atomic E-state index is 12.2. The van der Waals surface area contributed by atoms with Crippen molar-refractivity contribution in [3.8, 4) is 0 Å². The summed E-state index contributed by atoms with van der Waals surface area (Å²) in [5.74, 6) is 0.0768. The number of carbonyl (C=O) groups is 1. The predicted octanol–water partition coefficient (Wildman–Crippen LogP) is 2.23. The Hall–Kier alpha value is -1.39. The van der Waals surface area contributed by atoms with Gasteiger partial charge >= 0.3 is 0 Å². The van der Waals surface area contributed by atoms with Crippen molar-refractivity contribution in [2.24, 2.45) is 0 Å². The molecular weight excluding hydrogens is 266 g/mol. The van der Waals surface area contributed by atoms with Gasteiger partial charge in [-0.1, -0.05) is 37.3 Å². The lowest BCUT2D eigenvalue weighted by atomic mass is 9.76. The lowest BCUT2D eigenvalue weighted by molar-refractivity contribution is -0.138. The van der Waals surface area contributed by atoms with Crippen LogP contribution >= 0.6 is 0 Å². The lowest BCUT2D eigenvalue weighted by Gasteiger charge is -2.41. The van der Waals surface area contributed by atoms with Crippen molar-refractivity contribution >= 4 is 5.91 Å². The summed E-state index contributed by atoms with van der Waals surface area (Å²) >= 11 is 0. The molecule has 21 heavy (non-hydrogen) atoms. The number of likely N-dealkylation sites (tertiary alicyclic amines) is 1. The van der Waals surface area contributed by atoms with Gasteiger partial charge in [0.25, 0.3) is 0 Å². The number of hydrogen-bond acceptors (Lipinski definition) is 3. The quantitative estimate of drug-likeness (QED) is 0.755. The number of nitrogens with zero attached hydrogens (tertiary/aromatic N) is 1. The number of benzene rings is 1. The predicted molar refractivity (Wildman–Crippen MR) is 82.3 cm³/mol. The third-order valence-corrected chi connectivity index (χ3v) is 4.18. The van der Waals surface area contributed by atoms with Crippen LogP contribution in [0.15, 0.2) is 30.3 Å². The molecule has 1 aliphatic rings. The van der Waals surface area contributed by atoms with E-state index in [1.807, 2.05) is 11.0 Å². The summed E-state index contributed by atoms with van der Waals surface area (Å²) in [6, 6.07) is 10.5. The second kappa shape index (κ2) is 7.57. The summed E-state index contributed by atoms with van der Waals surface area (Å²) in [4.78, 5) is 14.2. The average molecular weight is 291 g/mol. The number of amides is 1. The summed E-state index contributed by atoms with van der Waals surface area (Å²) < 4.78 is 10.3. The van der Waals surface area contributed by atoms with E-state index in [4.69, 9.17) is 9.47 Å². The van der Waals surface area contributed by atoms with Gasteiger partial charge in [0.05, 0.1) is 13.2 Å². The van der Waals surface area contributed by atoms with Gasteiger partial charge in [-0.2, -0.15) is 0 Å². The molecule has 0 saturated carbocycles. The third kappa shape index (κ3) is 4.29. The minimum atomic E-state index is 0.0434. The number of ether oxygens (including phenoxy) is 2. The molecule has 1 aromatic carbocycles. The highest BCUT2D eigenvalue weighted by Crippen LogP contribution is 2.33. The van der Waals surface area contributed by atoms with E-state index in [-0.39, 0.29) is 17.9 Å². The SMILES string of the molecule is COCCOCC(=O)N1CCC[C@@](C)(c2ccccc2)C1. The minimum absolute atomic E-state index is 0.0434. The molecule has 0 unspecified atom stereocenters. The fourth-order valence-corrected chi connectivity index (χ4v) is 2.92. The molecule has 0 spiro atoms. The van der Waals surface area contributed by atoms with Gasteiger partial charge < -0.3 is 14.4 Å². The summed E-state index contributed by atoms with van der Waals surface area (Å²) in [6.45, 7) is 4.97. The second-order valence-electron chi connectivity index (χ2n) is 5.89. The van der Waals surface area contributed by atoms with Gasteiger partial charge in [-0.3, -0.25) is 4.79 Å². The van der Waals surface area contributed by atoms with Crippen LogP contribution < -0.4 is 0 Å². The van der Waals surface area contributed by atoms with Crippen molar-refractivity contribution in [3.05, 3.63) is 35.9 Å². The summed E-state index contributed by atoms with van der Waals surface area (Å²) in [5.41, 5.74) is 1.35. The largest absolute Gasteiger partial charge is 0.382 e. The van der Waals surface area contributed by atoms with Gasteiger partial charge in [-0.15, -0.1) is 0 Å². The number of methoxy groups -OCH3 is 1. The van der Waals surface area contributed by atoms with E-state index in [0.717, 1.165) is 25.9 Å². The van der Waals surface area contributed by atoms with E-state index in [1.54, 1.807) is 7.11 Å². The average Bonchev–Trinajstić information content (AvgIpc) is 2.52. The van der Waals surface area contributed by atoms with E-state index in [9.17, 15) is 4.79 Å². The molecule has 0 radical (unpaired) electrons. The Morgan fingerprint density at radius 2 is 2.05 bits per heavy atom. The van der Waals surface area contributed by atoms with Crippen molar-refractivity contribution < 1.29 is 14.3 Å². The summed E-state index contributed by atoms with van der Waals surface area (Å²) in [6.07, 6.45) is 2.15. The molecule has 116 valence electrons. The maximum Gasteiger partial charge on any atom is 0.248 e. The monoisotopic (exact) mass is 291 g/mol. The van der Waals surface area contributed by atoms with Crippen LogP contribution in [-0.4, -0.2) is 50.8 Å². The first-order valence-corrected chi connectivity index (χ1v) is 7.56. The molecule has 4 heteroatoms. The molecule has 4 nitrogen and oxygen atoms in total. The van der Waals surface area contributed by atoms with Crippen molar-refractivity contribution in [3.63, 3.8) is 0 Å². The molecule has 0 aliphatic carbocycles. The van der Waals surface area contributed by atoms with Crippen LogP contribution in [0.1, 0.15) is 25.3 Å². The molecule has 1 fully saturated rings. The Balaban J connectivity index is 1.92. The second-order valence-corrected chi connectivity index (χ2v) is 5.89. The first-order chi connectivity index (χ1) is 10.2. The molecule has 0 N–H and O–H groups in total. The Morgan fingerprint density at radius 1 is 1.29 bits per heavy atom. The Morgan fingerprint density at radius 3 is 2.76 bits per heavy atom. The fourth-order valence-electron chi connectivity index (χ4n) is 2.92. The van der Waals surface area contributed by atoms with Crippen LogP contribution in [0.25, 0.3) is 0 Å². The zero-order valence-electron chi connectivity index (χ0n) is 13.0. The molecule has 2 rings (SSSR count). The number of carbonyl (C=O) groups excluding carboxylic acids is 1. The highest BCUT2D eigenvalue weighted by molar-refractivity contribution is 5.77. The molecule has 1 aromatic rings. The van der Waals surface area contributed by atoms with Gasteiger partial charge in [-0.25, -0.2) is 0 Å². The number of piperidine rings is 1. The smallest absolute Gasteiger partial charge is 0.248 e. The van der Waals surface area contributed by atoms with Crippen LogP contribution in [0.5, 0.6) is 0 Å². The van der Waals surface area contributed by atoms with E-state index in [1.165, 1.54) is 5.56 Å². The van der Waals surface area contributed by atoms with E-state index < -0.39 is 0 Å². The van der Waals surface area contributed by atoms with Gasteiger partial charge in [-0.05, 0) is 18.4 Å². The zero-order chi connectivity index (χ0) is 15.1. The molecule has 1 amide bonds. The van der Waals surface area contributed by atoms with Crippen molar-refractivity contribution in [1.29, 1.82) is 0 Å². The van der Waals surface area contributed by atoms with Gasteiger partial charge in [0.15, 0.2) is 0 Å². The Labute approximate surface area is 127 Å². The van der Waals surface area contributed by atoms with Crippen molar-refractivity contribution in [1.82, 2.24) is 4.90 Å². The Bertz CT molecular complexity index is 449. The molecule has 1 aliphatic heterocycles. The standard InChI is InChI=1S/C17H25NO3/c1-17(15-7-4-3-5-8-15)9-6-10-18(14-17)16(19)13-21-12-11-20-2/h3-5,7-8H,6,9-14H2,1-2H3/t17-/m1/s1. The molecule has 0 aromatic heterocycles. The highest BCUT2D eigenvalue weighted by Gasteiger charge is 2.34. The minimum Gasteiger partial charge on any atom is -0.382 e. The number of rotatable bonds is 6. The van der Waals surface area contributed by atoms with Gasteiger partial charge in [0.1, 0.15) is 6.61 Å². The van der Waals surface area contributed by atoms with Gasteiger partial charge in [0.2, 0.25) is 5.91 Å². The molecular formula is C17H25NO3. The van der Waals surface area contributed by atoms with Crippen molar-refractivity contribution in [2.45, 2.75) is 25.2 Å². The third-order valence-electron chi connectivity index (χ3n) is 4.18. The van der Waals surface area contributed by atoms with Gasteiger partial charge in [0, 0.05) is 25.6 Å². The fraction of sp³-hybridized carbons (Fsp3) is 0.588. The van der Waals surface area contributed by atoms with E-state index >= 15 is 0 Å². The molecule has 0 bridgehead atoms. The van der Waals surface area contributed by atoms with Crippen molar-refractivity contribution in [2.75, 3.05) is 40.0 Å². The molecule has 1 saturated heterocycles. The van der Waals surface area contributed by atoms with Crippen LogP contribution in [0.3, 0.4) is 0 Å². The maximum absolute atomic E-state index is 12.2. The highest BCUT2D eigenvalue weighted by atomic mass is 16.5. The summed E-state index contributed by atoms with van der Waals surface area (Å²) in [7, 11) is 1.63. The first-order valence-electron chi connectivity index (χ1n) is 7.56. The van der Waals surface area contributed by atoms with E-state index in [2.05, 4.69) is 31.2 Å². The topological polar surface area (TPSA) is 38.8 Å². The lowest BCUT2D eigenvalue weighted by Crippen LogP contribution is -2.48. The normalized spacial score (nSPS) is 22.3. The Kier molecular flexibility index (Phi) is 5.76. The molecule has 1 atom stereocenters. The number of hydrogen-bond donors (Lipinski definition) is 0. The van der Waals surface area contributed by atoms with E-state index in [0.29, 0.717) is 13.2 Å². The van der Waals surface area contributed by atoms with Crippen LogP contribution in [0.4, 0.5) is 0 Å². The molecule has 1 heterocycles. The van der Waals surface area contributed by atoms with Crippen LogP contribution in [0, 0.1) is 0 Å².